The fourth-order valence-electron chi connectivity index (χ4n) is 5.79. The highest BCUT2D eigenvalue weighted by Crippen LogP contribution is 2.40. The summed E-state index contributed by atoms with van der Waals surface area (Å²) in [4.78, 5) is 20.5. The predicted octanol–water partition coefficient (Wildman–Crippen LogP) is 4.84. The number of nitrogens with two attached hydrogens (primary N) is 2. The molecule has 0 saturated heterocycles. The van der Waals surface area contributed by atoms with Gasteiger partial charge in [-0.15, -0.1) is 5.10 Å². The second kappa shape index (κ2) is 12.0. The number of rotatable bonds is 10. The number of nitrogens with zero attached hydrogens (tertiary/aromatic N) is 3. The summed E-state index contributed by atoms with van der Waals surface area (Å²) in [6.07, 6.45) is 6.79. The van der Waals surface area contributed by atoms with Gasteiger partial charge in [-0.1, -0.05) is 80.8 Å². The van der Waals surface area contributed by atoms with Gasteiger partial charge in [-0.2, -0.15) is 0 Å². The zero-order valence-electron chi connectivity index (χ0n) is 23.1. The van der Waals surface area contributed by atoms with Crippen LogP contribution < -0.4 is 17.1 Å². The molecule has 40 heavy (non-hydrogen) atoms. The van der Waals surface area contributed by atoms with Crippen LogP contribution in [0.3, 0.4) is 0 Å². The summed E-state index contributed by atoms with van der Waals surface area (Å²) < 4.78 is 0. The Kier molecular flexibility index (Phi) is 8.28. The molecular weight excluding hydrogens is 500 g/mol. The highest BCUT2D eigenvalue weighted by atomic mass is 16.3. The average Bonchev–Trinajstić information content (AvgIpc) is 3.57. The van der Waals surface area contributed by atoms with Crippen LogP contribution in [0.2, 0.25) is 0 Å². The van der Waals surface area contributed by atoms with Gasteiger partial charge in [-0.25, -0.2) is 11.4 Å². The summed E-state index contributed by atoms with van der Waals surface area (Å²) in [6.45, 7) is 2.69. The first kappa shape index (κ1) is 27.6. The van der Waals surface area contributed by atoms with E-state index in [0.717, 1.165) is 89.7 Å². The Balaban J connectivity index is 1.44. The van der Waals surface area contributed by atoms with Crippen LogP contribution in [0.4, 0.5) is 0 Å². The number of carbonyl (C=O) groups excluding carboxylic acids is 1. The number of unbranched alkanes of at least 4 members (excludes halogenated alkanes) is 1. The second-order valence-corrected chi connectivity index (χ2v) is 10.7. The minimum Gasteiger partial charge on any atom is -0.392 e. The van der Waals surface area contributed by atoms with Crippen molar-refractivity contribution in [1.29, 1.82) is 0 Å². The molecule has 0 aromatic heterocycles. The summed E-state index contributed by atoms with van der Waals surface area (Å²) in [5, 5.41) is 13.4. The molecule has 1 saturated carbocycles. The van der Waals surface area contributed by atoms with Gasteiger partial charge in [0.05, 0.1) is 13.2 Å². The predicted molar refractivity (Wildman–Crippen MR) is 160 cm³/mol. The zero-order chi connectivity index (χ0) is 28.1. The monoisotopic (exact) mass is 538 g/mol. The summed E-state index contributed by atoms with van der Waals surface area (Å²) in [6, 6.07) is 22.1. The number of hydrogen-bond acceptors (Lipinski definition) is 6. The van der Waals surface area contributed by atoms with E-state index in [0.29, 0.717) is 6.54 Å². The number of benzene rings is 3. The number of aliphatic hydroxyl groups is 1. The Bertz CT molecular complexity index is 1410. The van der Waals surface area contributed by atoms with Crippen LogP contribution in [0.5, 0.6) is 0 Å². The lowest BCUT2D eigenvalue weighted by atomic mass is 9.93. The van der Waals surface area contributed by atoms with Crippen LogP contribution in [0.1, 0.15) is 68.6 Å². The zero-order valence-corrected chi connectivity index (χ0v) is 23.1. The minimum atomic E-state index is -0.526. The third-order valence-electron chi connectivity index (χ3n) is 8.04. The smallest absolute Gasteiger partial charge is 0.256 e. The van der Waals surface area contributed by atoms with E-state index in [-0.39, 0.29) is 18.3 Å². The quantitative estimate of drug-likeness (QED) is 0.127. The van der Waals surface area contributed by atoms with E-state index >= 15 is 0 Å². The lowest BCUT2D eigenvalue weighted by molar-refractivity contribution is -0.131. The molecule has 0 unspecified atom stereocenters. The normalized spacial score (nSPS) is 16.6. The molecule has 1 spiro atoms. The first-order valence-corrected chi connectivity index (χ1v) is 14.1. The third kappa shape index (κ3) is 5.50. The maximum Gasteiger partial charge on any atom is 0.256 e. The molecule has 1 heterocycles. The topological polar surface area (TPSA) is 129 Å². The van der Waals surface area contributed by atoms with Gasteiger partial charge >= 0.3 is 0 Å². The first-order chi connectivity index (χ1) is 19.5. The van der Waals surface area contributed by atoms with Gasteiger partial charge in [-0.3, -0.25) is 14.7 Å². The molecule has 1 fully saturated rings. The molecule has 208 valence electrons. The molecule has 0 bridgehead atoms. The molecule has 6 N–H and O–H groups in total. The molecule has 1 aliphatic carbocycles. The number of hydrazine groups is 1. The van der Waals surface area contributed by atoms with Crippen LogP contribution in [0, 0.1) is 0 Å². The summed E-state index contributed by atoms with van der Waals surface area (Å²) in [5.74, 6) is 6.81. The van der Waals surface area contributed by atoms with Gasteiger partial charge in [-0.05, 0) is 64.8 Å². The van der Waals surface area contributed by atoms with Gasteiger partial charge in [0.15, 0.2) is 5.84 Å². The molecule has 3 aromatic rings. The van der Waals surface area contributed by atoms with Crippen molar-refractivity contribution >= 4 is 17.6 Å². The molecule has 3 aromatic carbocycles. The molecule has 5 rings (SSSR count). The largest absolute Gasteiger partial charge is 0.392 e. The fourth-order valence-corrected chi connectivity index (χ4v) is 5.79. The van der Waals surface area contributed by atoms with Crippen LogP contribution in [0.25, 0.3) is 22.3 Å². The highest BCUT2D eigenvalue weighted by molar-refractivity contribution is 6.08. The van der Waals surface area contributed by atoms with E-state index in [1.807, 2.05) is 41.3 Å². The van der Waals surface area contributed by atoms with Crippen LogP contribution in [-0.2, 0) is 17.9 Å². The third-order valence-corrected chi connectivity index (χ3v) is 8.04. The first-order valence-electron chi connectivity index (χ1n) is 14.1. The van der Waals surface area contributed by atoms with Gasteiger partial charge in [0.2, 0.25) is 0 Å². The highest BCUT2D eigenvalue weighted by Gasteiger charge is 2.49. The molecular formula is C32H38N6O2. The molecule has 1 aliphatic heterocycles. The Morgan fingerprint density at radius 1 is 1.00 bits per heavy atom. The van der Waals surface area contributed by atoms with Gasteiger partial charge in [0, 0.05) is 12.0 Å². The average molecular weight is 539 g/mol. The molecule has 1 amide bonds. The Morgan fingerprint density at radius 3 is 2.30 bits per heavy atom. The van der Waals surface area contributed by atoms with Crippen LogP contribution in [0.15, 0.2) is 76.8 Å². The Hall–Kier alpha value is -4.01. The molecule has 0 radical (unpaired) electrons. The van der Waals surface area contributed by atoms with Crippen LogP contribution >= 0.6 is 0 Å². The SMILES string of the molecule is CCCCC1=NC2(CCCC2)C(=O)N1Cc1ccc(-c2cc(-c3ccc(CO)cc3)ccc2/C(N)=N/NN)cc1. The van der Waals surface area contributed by atoms with Crippen LogP contribution in [-0.4, -0.2) is 33.1 Å². The van der Waals surface area contributed by atoms with E-state index in [1.54, 1.807) is 0 Å². The van der Waals surface area contributed by atoms with Crippen molar-refractivity contribution in [2.75, 3.05) is 0 Å². The maximum atomic E-state index is 13.5. The maximum absolute atomic E-state index is 13.5. The van der Waals surface area contributed by atoms with Gasteiger partial charge in [0.1, 0.15) is 11.4 Å². The second-order valence-electron chi connectivity index (χ2n) is 10.7. The lowest BCUT2D eigenvalue weighted by Gasteiger charge is -2.23. The molecule has 2 aliphatic rings. The standard InChI is InChI=1S/C32H38N6O2/c1-2-3-6-29-35-32(17-4-5-18-32)31(40)38(29)20-22-7-13-25(14-8-22)28-19-26(15-16-27(28)30(33)36-37-34)24-11-9-23(21-39)10-12-24/h7-16,19,37,39H,2-6,17-18,20-21,34H2,1H3,(H2,33,36). The lowest BCUT2D eigenvalue weighted by Crippen LogP contribution is -2.40. The van der Waals surface area contributed by atoms with Crippen molar-refractivity contribution in [3.05, 3.63) is 83.4 Å². The number of hydrogen-bond donors (Lipinski definition) is 4. The molecule has 0 atom stereocenters. The number of carbonyl (C=O) groups is 1. The van der Waals surface area contributed by atoms with E-state index in [9.17, 15) is 9.90 Å². The van der Waals surface area contributed by atoms with E-state index in [1.165, 1.54) is 0 Å². The van der Waals surface area contributed by atoms with Crippen molar-refractivity contribution in [3.63, 3.8) is 0 Å². The van der Waals surface area contributed by atoms with E-state index in [2.05, 4.69) is 47.9 Å². The molecule has 8 nitrogen and oxygen atoms in total. The Labute approximate surface area is 235 Å². The summed E-state index contributed by atoms with van der Waals surface area (Å²) in [7, 11) is 0. The van der Waals surface area contributed by atoms with E-state index < -0.39 is 5.54 Å². The van der Waals surface area contributed by atoms with Gasteiger partial charge in [0.25, 0.3) is 5.91 Å². The van der Waals surface area contributed by atoms with Crippen molar-refractivity contribution in [2.45, 2.75) is 70.6 Å². The van der Waals surface area contributed by atoms with Crippen molar-refractivity contribution < 1.29 is 9.90 Å². The number of amides is 1. The number of nitrogens with one attached hydrogen (secondary N) is 1. The van der Waals surface area contributed by atoms with Crippen molar-refractivity contribution in [1.82, 2.24) is 10.4 Å². The van der Waals surface area contributed by atoms with Crippen molar-refractivity contribution in [3.8, 4) is 22.3 Å². The number of hydrazone groups is 1. The fraction of sp³-hybridized carbons (Fsp3) is 0.344. The van der Waals surface area contributed by atoms with E-state index in [4.69, 9.17) is 16.6 Å². The number of amidine groups is 2. The summed E-state index contributed by atoms with van der Waals surface area (Å²) >= 11 is 0. The minimum absolute atomic E-state index is 0.00582. The van der Waals surface area contributed by atoms with Gasteiger partial charge < -0.3 is 10.8 Å². The van der Waals surface area contributed by atoms with Crippen molar-refractivity contribution in [2.24, 2.45) is 21.7 Å². The number of aliphatic hydroxyl groups excluding tert-OH is 1. The Morgan fingerprint density at radius 2 is 1.65 bits per heavy atom. The number of aliphatic imine (C=N–C) groups is 1. The summed E-state index contributed by atoms with van der Waals surface area (Å²) in [5.41, 5.74) is 14.6. The molecule has 8 heteroatoms.